The predicted octanol–water partition coefficient (Wildman–Crippen LogP) is 6.75. The molecule has 4 aromatic carbocycles. The Hall–Kier alpha value is -4.05. The number of anilines is 1. The zero-order chi connectivity index (χ0) is 33.3. The van der Waals surface area contributed by atoms with E-state index >= 15 is 0 Å². The molecule has 0 aromatic heterocycles. The number of hydrogen-bond acceptors (Lipinski definition) is 5. The van der Waals surface area contributed by atoms with E-state index in [9.17, 15) is 18.0 Å². The highest BCUT2D eigenvalue weighted by molar-refractivity contribution is 7.92. The second kappa shape index (κ2) is 16.0. The number of amides is 2. The molecule has 46 heavy (non-hydrogen) atoms. The molecule has 0 bridgehead atoms. The van der Waals surface area contributed by atoms with Gasteiger partial charge in [-0.05, 0) is 79.1 Å². The van der Waals surface area contributed by atoms with Crippen LogP contribution in [0.2, 0.25) is 10.0 Å². The minimum Gasteiger partial charge on any atom is -0.497 e. The molecule has 11 heteroatoms. The van der Waals surface area contributed by atoms with E-state index in [1.807, 2.05) is 50.2 Å². The van der Waals surface area contributed by atoms with E-state index in [4.69, 9.17) is 27.9 Å². The highest BCUT2D eigenvalue weighted by atomic mass is 35.5. The molecule has 2 atom stereocenters. The summed E-state index contributed by atoms with van der Waals surface area (Å²) in [5.41, 5.74) is 1.74. The lowest BCUT2D eigenvalue weighted by Crippen LogP contribution is -2.54. The molecule has 0 spiro atoms. The van der Waals surface area contributed by atoms with Crippen LogP contribution in [0.15, 0.2) is 108 Å². The molecule has 0 unspecified atom stereocenters. The van der Waals surface area contributed by atoms with Crippen molar-refractivity contribution in [3.05, 3.63) is 124 Å². The Kier molecular flexibility index (Phi) is 12.1. The maximum atomic E-state index is 14.5. The average molecular weight is 683 g/mol. The van der Waals surface area contributed by atoms with E-state index in [2.05, 4.69) is 5.32 Å². The third kappa shape index (κ3) is 9.02. The zero-order valence-electron chi connectivity index (χ0n) is 25.9. The number of sulfonamides is 1. The number of nitrogens with one attached hydrogen (secondary N) is 1. The Labute approximate surface area is 280 Å². The van der Waals surface area contributed by atoms with Gasteiger partial charge in [-0.2, -0.15) is 0 Å². The molecular weight excluding hydrogens is 645 g/mol. The first-order valence-electron chi connectivity index (χ1n) is 14.8. The fraction of sp³-hybridized carbons (Fsp3) is 0.257. The summed E-state index contributed by atoms with van der Waals surface area (Å²) in [6.07, 6.45) is 0.898. The number of methoxy groups -OCH3 is 1. The van der Waals surface area contributed by atoms with Gasteiger partial charge in [0.2, 0.25) is 11.8 Å². The third-order valence-corrected chi connectivity index (χ3v) is 9.81. The Morgan fingerprint density at radius 3 is 2.17 bits per heavy atom. The van der Waals surface area contributed by atoms with Gasteiger partial charge in [0, 0.05) is 29.1 Å². The molecular formula is C35H37Cl2N3O5S. The van der Waals surface area contributed by atoms with Gasteiger partial charge in [-0.1, -0.05) is 78.7 Å². The van der Waals surface area contributed by atoms with Gasteiger partial charge in [0.1, 0.15) is 18.3 Å². The molecule has 4 aromatic rings. The molecule has 0 aliphatic rings. The molecule has 1 N–H and O–H groups in total. The summed E-state index contributed by atoms with van der Waals surface area (Å²) >= 11 is 12.3. The van der Waals surface area contributed by atoms with E-state index in [0.717, 1.165) is 9.87 Å². The number of halogens is 2. The van der Waals surface area contributed by atoms with Gasteiger partial charge in [0.05, 0.1) is 17.7 Å². The van der Waals surface area contributed by atoms with Gasteiger partial charge in [0.15, 0.2) is 0 Å². The Balaban J connectivity index is 1.82. The summed E-state index contributed by atoms with van der Waals surface area (Å²) in [4.78, 5) is 29.9. The van der Waals surface area contributed by atoms with Gasteiger partial charge < -0.3 is 15.0 Å². The third-order valence-electron chi connectivity index (χ3n) is 7.54. The topological polar surface area (TPSA) is 96.0 Å². The quantitative estimate of drug-likeness (QED) is 0.159. The second-order valence-corrected chi connectivity index (χ2v) is 13.6. The van der Waals surface area contributed by atoms with Crippen molar-refractivity contribution in [1.29, 1.82) is 0 Å². The second-order valence-electron chi connectivity index (χ2n) is 10.8. The Bertz CT molecular complexity index is 1740. The average Bonchev–Trinajstić information content (AvgIpc) is 3.05. The van der Waals surface area contributed by atoms with Crippen LogP contribution in [-0.2, 0) is 32.6 Å². The molecule has 0 radical (unpaired) electrons. The summed E-state index contributed by atoms with van der Waals surface area (Å²) in [7, 11) is -2.73. The van der Waals surface area contributed by atoms with Crippen LogP contribution >= 0.6 is 23.2 Å². The van der Waals surface area contributed by atoms with E-state index in [1.54, 1.807) is 43.5 Å². The molecule has 4 rings (SSSR count). The number of hydrogen-bond donors (Lipinski definition) is 1. The summed E-state index contributed by atoms with van der Waals surface area (Å²) in [6, 6.07) is 27.4. The Morgan fingerprint density at radius 2 is 1.52 bits per heavy atom. The van der Waals surface area contributed by atoms with Crippen molar-refractivity contribution in [2.24, 2.45) is 0 Å². The number of rotatable bonds is 14. The largest absolute Gasteiger partial charge is 0.497 e. The highest BCUT2D eigenvalue weighted by Gasteiger charge is 2.35. The lowest BCUT2D eigenvalue weighted by Gasteiger charge is -2.34. The van der Waals surface area contributed by atoms with Crippen molar-refractivity contribution in [1.82, 2.24) is 10.2 Å². The van der Waals surface area contributed by atoms with Crippen LogP contribution in [0.5, 0.6) is 5.75 Å². The molecule has 242 valence electrons. The van der Waals surface area contributed by atoms with E-state index in [-0.39, 0.29) is 35.5 Å². The van der Waals surface area contributed by atoms with Crippen molar-refractivity contribution in [2.45, 2.75) is 50.2 Å². The number of ether oxygens (including phenoxy) is 1. The maximum absolute atomic E-state index is 14.5. The van der Waals surface area contributed by atoms with Crippen LogP contribution in [0.4, 0.5) is 5.69 Å². The molecule has 0 aliphatic carbocycles. The van der Waals surface area contributed by atoms with Crippen LogP contribution in [0.3, 0.4) is 0 Å². The summed E-state index contributed by atoms with van der Waals surface area (Å²) < 4.78 is 34.6. The zero-order valence-corrected chi connectivity index (χ0v) is 28.2. The summed E-state index contributed by atoms with van der Waals surface area (Å²) in [5, 5.41) is 3.69. The van der Waals surface area contributed by atoms with Crippen LogP contribution in [0, 0.1) is 0 Å². The molecule has 2 amide bonds. The van der Waals surface area contributed by atoms with E-state index < -0.39 is 28.5 Å². The van der Waals surface area contributed by atoms with E-state index in [0.29, 0.717) is 27.8 Å². The molecule has 0 aliphatic heterocycles. The van der Waals surface area contributed by atoms with Gasteiger partial charge >= 0.3 is 0 Å². The van der Waals surface area contributed by atoms with Gasteiger partial charge in [0.25, 0.3) is 10.0 Å². The fourth-order valence-corrected chi connectivity index (χ4v) is 6.57. The number of carbonyl (C=O) groups is 2. The minimum absolute atomic E-state index is 0.0197. The van der Waals surface area contributed by atoms with Crippen LogP contribution in [-0.4, -0.2) is 50.9 Å². The number of nitrogens with zero attached hydrogens (tertiary/aromatic N) is 2. The molecule has 0 heterocycles. The first-order valence-corrected chi connectivity index (χ1v) is 17.0. The van der Waals surface area contributed by atoms with E-state index in [1.165, 1.54) is 35.2 Å². The van der Waals surface area contributed by atoms with Crippen LogP contribution < -0.4 is 14.4 Å². The van der Waals surface area contributed by atoms with Crippen LogP contribution in [0.25, 0.3) is 0 Å². The molecule has 0 fully saturated rings. The van der Waals surface area contributed by atoms with Crippen molar-refractivity contribution in [3.63, 3.8) is 0 Å². The fourth-order valence-electron chi connectivity index (χ4n) is 4.86. The van der Waals surface area contributed by atoms with Gasteiger partial charge in [-0.3, -0.25) is 13.9 Å². The predicted molar refractivity (Wildman–Crippen MR) is 183 cm³/mol. The Morgan fingerprint density at radius 1 is 0.848 bits per heavy atom. The first kappa shape index (κ1) is 34.8. The number of carbonyl (C=O) groups excluding carboxylic acids is 2. The summed E-state index contributed by atoms with van der Waals surface area (Å²) in [5.74, 6) is -0.343. The van der Waals surface area contributed by atoms with Crippen molar-refractivity contribution in [3.8, 4) is 5.75 Å². The monoisotopic (exact) mass is 681 g/mol. The van der Waals surface area contributed by atoms with Gasteiger partial charge in [-0.25, -0.2) is 8.42 Å². The molecule has 8 nitrogen and oxygen atoms in total. The van der Waals surface area contributed by atoms with Crippen LogP contribution in [0.1, 0.15) is 31.4 Å². The minimum atomic E-state index is -4.28. The standard InChI is InChI=1S/C35H37Cl2N3O5S/c1-4-25(2)38-35(42)33(21-26-10-6-5-7-11-26)39(23-27-12-8-15-31(20-27)45-3)34(41)24-40(30-14-9-13-29(37)22-30)46(43,44)32-18-16-28(36)17-19-32/h5-20,22,25,33H,4,21,23-24H2,1-3H3,(H,38,42)/t25-,33-/m1/s1. The SMILES string of the molecule is CC[C@@H](C)NC(=O)[C@@H](Cc1ccccc1)N(Cc1cccc(OC)c1)C(=O)CN(c1cccc(Cl)c1)S(=O)(=O)c1ccc(Cl)cc1. The highest BCUT2D eigenvalue weighted by Crippen LogP contribution is 2.28. The lowest BCUT2D eigenvalue weighted by atomic mass is 10.0. The van der Waals surface area contributed by atoms with Crippen molar-refractivity contribution in [2.75, 3.05) is 18.0 Å². The molecule has 0 saturated heterocycles. The summed E-state index contributed by atoms with van der Waals surface area (Å²) in [6.45, 7) is 3.27. The van der Waals surface area contributed by atoms with Crippen molar-refractivity contribution >= 4 is 50.7 Å². The number of benzene rings is 4. The normalized spacial score (nSPS) is 12.5. The molecule has 0 saturated carbocycles. The van der Waals surface area contributed by atoms with Gasteiger partial charge in [-0.15, -0.1) is 0 Å². The maximum Gasteiger partial charge on any atom is 0.264 e. The smallest absolute Gasteiger partial charge is 0.264 e. The lowest BCUT2D eigenvalue weighted by molar-refractivity contribution is -0.140. The van der Waals surface area contributed by atoms with Crippen molar-refractivity contribution < 1.29 is 22.7 Å². The first-order chi connectivity index (χ1) is 22.0.